The standard InChI is InChI=1S/C19H20F3N3O2/c1-25-15(27)10-18(24-16(25)23)5-4-12-3-2-11(8-13(12)18)9-14(26)17(6-7-17)19(20,21)22/h2-3,8H,4-7,9-10H2,1H3,(H2,23,24)/t18-/m0/s1. The predicted molar refractivity (Wildman–Crippen MR) is 91.9 cm³/mol. The predicted octanol–water partition coefficient (Wildman–Crippen LogP) is 2.46. The summed E-state index contributed by atoms with van der Waals surface area (Å²) in [5.74, 6) is -0.801. The molecule has 1 heterocycles. The molecule has 2 N–H and O–H groups in total. The summed E-state index contributed by atoms with van der Waals surface area (Å²) >= 11 is 0. The number of benzene rings is 1. The van der Waals surface area contributed by atoms with E-state index in [0.717, 1.165) is 11.1 Å². The number of guanidine groups is 1. The molecule has 1 amide bonds. The van der Waals surface area contributed by atoms with Gasteiger partial charge in [-0.1, -0.05) is 18.2 Å². The zero-order chi connectivity index (χ0) is 19.6. The van der Waals surface area contributed by atoms with Gasteiger partial charge in [0, 0.05) is 13.5 Å². The number of alkyl halides is 3. The number of aryl methyl sites for hydroxylation is 1. The third-order valence-electron chi connectivity index (χ3n) is 6.16. The van der Waals surface area contributed by atoms with E-state index in [9.17, 15) is 22.8 Å². The molecule has 1 atom stereocenters. The maximum Gasteiger partial charge on any atom is 0.401 e. The summed E-state index contributed by atoms with van der Waals surface area (Å²) in [7, 11) is 1.56. The van der Waals surface area contributed by atoms with Gasteiger partial charge in [0.05, 0.1) is 12.0 Å². The maximum absolute atomic E-state index is 13.2. The smallest absolute Gasteiger partial charge is 0.369 e. The Morgan fingerprint density at radius 3 is 2.59 bits per heavy atom. The Hall–Kier alpha value is -2.38. The van der Waals surface area contributed by atoms with Gasteiger partial charge in [-0.2, -0.15) is 13.2 Å². The first-order valence-electron chi connectivity index (χ1n) is 8.92. The van der Waals surface area contributed by atoms with Gasteiger partial charge in [-0.3, -0.25) is 14.5 Å². The molecule has 2 aliphatic carbocycles. The first-order valence-corrected chi connectivity index (χ1v) is 8.92. The van der Waals surface area contributed by atoms with E-state index in [-0.39, 0.29) is 37.6 Å². The van der Waals surface area contributed by atoms with Crippen LogP contribution in [0.2, 0.25) is 0 Å². The normalized spacial score (nSPS) is 26.1. The number of hydrogen-bond donors (Lipinski definition) is 1. The van der Waals surface area contributed by atoms with Gasteiger partial charge in [0.2, 0.25) is 5.91 Å². The Labute approximate surface area is 154 Å². The van der Waals surface area contributed by atoms with E-state index in [0.29, 0.717) is 18.4 Å². The first-order chi connectivity index (χ1) is 12.6. The molecule has 8 heteroatoms. The van der Waals surface area contributed by atoms with Crippen molar-refractivity contribution in [1.82, 2.24) is 4.90 Å². The van der Waals surface area contributed by atoms with E-state index in [4.69, 9.17) is 5.73 Å². The minimum Gasteiger partial charge on any atom is -0.369 e. The fraction of sp³-hybridized carbons (Fsp3) is 0.526. The van der Waals surface area contributed by atoms with Crippen molar-refractivity contribution in [2.45, 2.75) is 50.2 Å². The van der Waals surface area contributed by atoms with Crippen molar-refractivity contribution in [1.29, 1.82) is 0 Å². The summed E-state index contributed by atoms with van der Waals surface area (Å²) in [6, 6.07) is 5.27. The van der Waals surface area contributed by atoms with E-state index in [2.05, 4.69) is 4.99 Å². The summed E-state index contributed by atoms with van der Waals surface area (Å²) in [6.07, 6.45) is -3.54. The maximum atomic E-state index is 13.2. The Bertz CT molecular complexity index is 873. The first kappa shape index (κ1) is 18.0. The van der Waals surface area contributed by atoms with Crippen LogP contribution in [0.25, 0.3) is 0 Å². The van der Waals surface area contributed by atoms with Gasteiger partial charge < -0.3 is 5.73 Å². The molecule has 1 aromatic rings. The summed E-state index contributed by atoms with van der Waals surface area (Å²) < 4.78 is 39.5. The molecule has 0 aromatic heterocycles. The van der Waals surface area contributed by atoms with Gasteiger partial charge in [0.15, 0.2) is 11.7 Å². The molecule has 27 heavy (non-hydrogen) atoms. The molecule has 144 valence electrons. The molecule has 4 rings (SSSR count). The average Bonchev–Trinajstić information content (AvgIpc) is 3.35. The Kier molecular flexibility index (Phi) is 3.71. The number of hydrogen-bond acceptors (Lipinski definition) is 4. The number of amides is 1. The van der Waals surface area contributed by atoms with E-state index in [1.54, 1.807) is 19.2 Å². The summed E-state index contributed by atoms with van der Waals surface area (Å²) in [5.41, 5.74) is 5.26. The molecule has 1 aromatic carbocycles. The number of nitrogens with two attached hydrogens (primary N) is 1. The molecule has 0 unspecified atom stereocenters. The van der Waals surface area contributed by atoms with Crippen LogP contribution in [0.1, 0.15) is 42.4 Å². The van der Waals surface area contributed by atoms with Gasteiger partial charge in [-0.05, 0) is 42.4 Å². The molecule has 3 aliphatic rings. The fourth-order valence-electron chi connectivity index (χ4n) is 4.19. The number of carbonyl (C=O) groups is 2. The van der Waals surface area contributed by atoms with E-state index in [1.165, 1.54) is 4.90 Å². The van der Waals surface area contributed by atoms with Crippen molar-refractivity contribution in [3.63, 3.8) is 0 Å². The second-order valence-corrected chi connectivity index (χ2v) is 7.80. The van der Waals surface area contributed by atoms with Crippen LogP contribution >= 0.6 is 0 Å². The average molecular weight is 379 g/mol. The van der Waals surface area contributed by atoms with E-state index < -0.39 is 22.9 Å². The molecule has 0 saturated heterocycles. The van der Waals surface area contributed by atoms with Crippen LogP contribution in [-0.2, 0) is 28.0 Å². The number of aliphatic imine (C=N–C) groups is 1. The lowest BCUT2D eigenvalue weighted by atomic mass is 9.85. The van der Waals surface area contributed by atoms with E-state index >= 15 is 0 Å². The lowest BCUT2D eigenvalue weighted by molar-refractivity contribution is -0.190. The van der Waals surface area contributed by atoms with Gasteiger partial charge in [0.1, 0.15) is 5.41 Å². The fourth-order valence-corrected chi connectivity index (χ4v) is 4.19. The largest absolute Gasteiger partial charge is 0.401 e. The highest BCUT2D eigenvalue weighted by atomic mass is 19.4. The highest BCUT2D eigenvalue weighted by Crippen LogP contribution is 2.58. The molecule has 1 fully saturated rings. The van der Waals surface area contributed by atoms with Crippen LogP contribution in [0.5, 0.6) is 0 Å². The minimum absolute atomic E-state index is 0.133. The molecule has 0 radical (unpaired) electrons. The van der Waals surface area contributed by atoms with Gasteiger partial charge in [-0.15, -0.1) is 0 Å². The third-order valence-corrected chi connectivity index (χ3v) is 6.16. The van der Waals surface area contributed by atoms with Crippen molar-refractivity contribution in [2.75, 3.05) is 7.05 Å². The quantitative estimate of drug-likeness (QED) is 0.877. The molecule has 5 nitrogen and oxygen atoms in total. The van der Waals surface area contributed by atoms with E-state index in [1.807, 2.05) is 6.07 Å². The van der Waals surface area contributed by atoms with Gasteiger partial charge in [0.25, 0.3) is 0 Å². The number of ketones is 1. The van der Waals surface area contributed by atoms with Crippen molar-refractivity contribution in [2.24, 2.45) is 16.1 Å². The van der Waals surface area contributed by atoms with Crippen LogP contribution < -0.4 is 5.73 Å². The van der Waals surface area contributed by atoms with Gasteiger partial charge >= 0.3 is 6.18 Å². The third kappa shape index (κ3) is 2.64. The number of nitrogens with zero attached hydrogens (tertiary/aromatic N) is 2. The summed E-state index contributed by atoms with van der Waals surface area (Å²) in [5, 5.41) is 0. The number of Topliss-reactive ketones (excluding diaryl/α,β-unsaturated/α-hetero) is 1. The number of halogens is 3. The lowest BCUT2D eigenvalue weighted by Crippen LogP contribution is -2.47. The second kappa shape index (κ2) is 5.56. The Morgan fingerprint density at radius 1 is 1.30 bits per heavy atom. The molecular formula is C19H20F3N3O2. The summed E-state index contributed by atoms with van der Waals surface area (Å²) in [4.78, 5) is 30.4. The van der Waals surface area contributed by atoms with Crippen LogP contribution in [0.3, 0.4) is 0 Å². The van der Waals surface area contributed by atoms with Crippen molar-refractivity contribution < 1.29 is 22.8 Å². The van der Waals surface area contributed by atoms with Crippen LogP contribution in [0.15, 0.2) is 23.2 Å². The zero-order valence-electron chi connectivity index (χ0n) is 14.9. The summed E-state index contributed by atoms with van der Waals surface area (Å²) in [6.45, 7) is 0. The Balaban J connectivity index is 1.65. The molecule has 1 saturated carbocycles. The lowest BCUT2D eigenvalue weighted by Gasteiger charge is -2.34. The molecular weight excluding hydrogens is 359 g/mol. The number of fused-ring (bicyclic) bond motifs is 2. The molecule has 0 bridgehead atoms. The molecule has 1 aliphatic heterocycles. The zero-order valence-corrected chi connectivity index (χ0v) is 14.9. The van der Waals surface area contributed by atoms with Crippen LogP contribution in [0.4, 0.5) is 13.2 Å². The van der Waals surface area contributed by atoms with Crippen molar-refractivity contribution in [3.05, 3.63) is 34.9 Å². The SMILES string of the molecule is CN1C(=O)C[C@]2(CCc3ccc(CC(=O)C4(C(F)(F)F)CC4)cc32)N=C1N. The second-order valence-electron chi connectivity index (χ2n) is 7.80. The van der Waals surface area contributed by atoms with Crippen LogP contribution in [0, 0.1) is 5.41 Å². The highest BCUT2D eigenvalue weighted by molar-refractivity contribution is 5.99. The Morgan fingerprint density at radius 2 is 2.00 bits per heavy atom. The van der Waals surface area contributed by atoms with Crippen LogP contribution in [-0.4, -0.2) is 35.8 Å². The van der Waals surface area contributed by atoms with Gasteiger partial charge in [-0.25, -0.2) is 4.99 Å². The molecule has 1 spiro atoms. The van der Waals surface area contributed by atoms with Crippen molar-refractivity contribution in [3.8, 4) is 0 Å². The highest BCUT2D eigenvalue weighted by Gasteiger charge is 2.67. The van der Waals surface area contributed by atoms with Crippen molar-refractivity contribution >= 4 is 17.6 Å². The minimum atomic E-state index is -4.50. The topological polar surface area (TPSA) is 75.8 Å². The number of rotatable bonds is 3. The number of carbonyl (C=O) groups excluding carboxylic acids is 2. The monoisotopic (exact) mass is 379 g/mol.